The Bertz CT molecular complexity index is 1920. The van der Waals surface area contributed by atoms with E-state index in [1.54, 1.807) is 59.9 Å². The molecule has 0 fully saturated rings. The summed E-state index contributed by atoms with van der Waals surface area (Å²) in [6, 6.07) is 22.0. The Morgan fingerprint density at radius 3 is 2.45 bits per heavy atom. The predicted octanol–water partition coefficient (Wildman–Crippen LogP) is 6.73. The van der Waals surface area contributed by atoms with Crippen LogP contribution in [0.4, 0.5) is 11.4 Å². The number of pyridine rings is 1. The summed E-state index contributed by atoms with van der Waals surface area (Å²) in [6.45, 7) is 0.784. The lowest BCUT2D eigenvalue weighted by Crippen LogP contribution is -2.17. The monoisotopic (exact) mass is 624 g/mol. The summed E-state index contributed by atoms with van der Waals surface area (Å²) in [5.41, 5.74) is 9.60. The fourth-order valence-corrected chi connectivity index (χ4v) is 6.14. The van der Waals surface area contributed by atoms with Crippen LogP contribution in [-0.2, 0) is 13.0 Å². The number of halogens is 1. The van der Waals surface area contributed by atoms with Crippen LogP contribution in [0.1, 0.15) is 42.5 Å². The van der Waals surface area contributed by atoms with Gasteiger partial charge in [-0.2, -0.15) is 0 Å². The van der Waals surface area contributed by atoms with E-state index in [0.717, 1.165) is 21.6 Å². The normalized spacial score (nSPS) is 11.9. The van der Waals surface area contributed by atoms with E-state index in [-0.39, 0.29) is 16.8 Å². The van der Waals surface area contributed by atoms with Crippen LogP contribution in [-0.4, -0.2) is 34.5 Å². The minimum atomic E-state index is -1.36. The molecule has 2 aromatic heterocycles. The van der Waals surface area contributed by atoms with Gasteiger partial charge < -0.3 is 26.2 Å². The molecule has 2 amide bonds. The maximum Gasteiger partial charge on any atom is 0.355 e. The highest BCUT2D eigenvalue weighted by molar-refractivity contribution is 7.13. The zero-order valence-corrected chi connectivity index (χ0v) is 24.7. The molecule has 9 nitrogen and oxygen atoms in total. The highest BCUT2D eigenvalue weighted by Crippen LogP contribution is 2.43. The lowest BCUT2D eigenvalue weighted by Gasteiger charge is -2.17. The highest BCUT2D eigenvalue weighted by Gasteiger charge is 2.26. The van der Waals surface area contributed by atoms with E-state index in [1.165, 1.54) is 12.1 Å². The minimum absolute atomic E-state index is 0.119. The van der Waals surface area contributed by atoms with E-state index in [9.17, 15) is 19.5 Å². The molecule has 3 aromatic carbocycles. The summed E-state index contributed by atoms with van der Waals surface area (Å²) < 4.78 is 6.09. The lowest BCUT2D eigenvalue weighted by molar-refractivity contribution is 0.0691. The summed E-state index contributed by atoms with van der Waals surface area (Å²) in [5, 5.41) is 18.2. The molecule has 3 heterocycles. The Hall–Kier alpha value is -5.03. The third-order valence-electron chi connectivity index (χ3n) is 7.14. The van der Waals surface area contributed by atoms with Gasteiger partial charge in [-0.05, 0) is 77.2 Å². The van der Waals surface area contributed by atoms with Crippen molar-refractivity contribution in [3.8, 4) is 27.3 Å². The van der Waals surface area contributed by atoms with Gasteiger partial charge in [0.1, 0.15) is 11.4 Å². The number of nitrogens with two attached hydrogens (primary N) is 1. The molecule has 0 bridgehead atoms. The Balaban J connectivity index is 1.45. The molecule has 11 heteroatoms. The fraction of sp³-hybridized carbons (Fsp3) is 0.0909. The van der Waals surface area contributed by atoms with Gasteiger partial charge in [0, 0.05) is 56.5 Å². The molecular weight excluding hydrogens is 600 g/mol. The number of amides is 2. The fourth-order valence-electron chi connectivity index (χ4n) is 4.98. The molecule has 0 saturated heterocycles. The van der Waals surface area contributed by atoms with E-state index in [1.807, 2.05) is 23.6 Å². The van der Waals surface area contributed by atoms with Crippen LogP contribution >= 0.6 is 22.9 Å². The molecule has 1 aliphatic rings. The minimum Gasteiger partial charge on any atom is -0.493 e. The zero-order valence-electron chi connectivity index (χ0n) is 23.1. The van der Waals surface area contributed by atoms with E-state index in [4.69, 9.17) is 22.1 Å². The molecule has 0 aliphatic carbocycles. The summed E-state index contributed by atoms with van der Waals surface area (Å²) in [7, 11) is 0. The summed E-state index contributed by atoms with van der Waals surface area (Å²) >= 11 is 7.57. The maximum absolute atomic E-state index is 13.9. The molecule has 0 saturated carbocycles. The second kappa shape index (κ2) is 12.3. The van der Waals surface area contributed by atoms with Gasteiger partial charge in [-0.3, -0.25) is 9.59 Å². The second-order valence-electron chi connectivity index (χ2n) is 9.98. The molecule has 0 unspecified atom stereocenters. The number of hydrogen-bond acceptors (Lipinski definition) is 7. The number of anilines is 2. The van der Waals surface area contributed by atoms with Crippen molar-refractivity contribution in [2.45, 2.75) is 13.0 Å². The van der Waals surface area contributed by atoms with Crippen LogP contribution in [0.3, 0.4) is 0 Å². The standard InChI is InChI=1S/C33H25ClN4O5S/c34-20-2-1-3-22(14-20)37-32(40)27-9-8-23(29(38-27)33(41)42)24-16-28-26(30-19(10-12-43-28)11-13-44-30)15-25(24)31(39)36-21-6-4-18(17-35)5-7-21/h1-9,11,13-16H,10,12,17,35H2,(H,36,39)(H,37,40)(H,41,42). The third kappa shape index (κ3) is 5.91. The molecule has 0 atom stereocenters. The van der Waals surface area contributed by atoms with E-state index < -0.39 is 23.5 Å². The SMILES string of the molecule is NCc1ccc(NC(=O)c2cc3c(cc2-c2ccc(C(=O)Nc4cccc(Cl)c4)nc2C(=O)O)OCCc2ccsc2-3)cc1. The number of carbonyl (C=O) groups is 3. The predicted molar refractivity (Wildman–Crippen MR) is 171 cm³/mol. The lowest BCUT2D eigenvalue weighted by atomic mass is 9.93. The number of fused-ring (bicyclic) bond motifs is 3. The molecule has 6 rings (SSSR count). The van der Waals surface area contributed by atoms with Crippen molar-refractivity contribution in [2.75, 3.05) is 17.2 Å². The number of nitrogens with zero attached hydrogens (tertiary/aromatic N) is 1. The summed E-state index contributed by atoms with van der Waals surface area (Å²) in [4.78, 5) is 44.6. The molecule has 1 aliphatic heterocycles. The van der Waals surface area contributed by atoms with Crippen molar-refractivity contribution in [3.63, 3.8) is 0 Å². The molecule has 220 valence electrons. The van der Waals surface area contributed by atoms with Crippen molar-refractivity contribution < 1.29 is 24.2 Å². The van der Waals surface area contributed by atoms with Gasteiger partial charge in [0.2, 0.25) is 0 Å². The first kappa shape index (κ1) is 29.1. The average Bonchev–Trinajstić information content (AvgIpc) is 3.42. The summed E-state index contributed by atoms with van der Waals surface area (Å²) in [5.74, 6) is -1.91. The topological polar surface area (TPSA) is 144 Å². The van der Waals surface area contributed by atoms with Crippen molar-refractivity contribution in [1.82, 2.24) is 4.98 Å². The van der Waals surface area contributed by atoms with E-state index in [2.05, 4.69) is 15.6 Å². The van der Waals surface area contributed by atoms with Crippen LogP contribution in [0.2, 0.25) is 5.02 Å². The number of rotatable bonds is 7. The van der Waals surface area contributed by atoms with Gasteiger partial charge >= 0.3 is 5.97 Å². The van der Waals surface area contributed by atoms with Gasteiger partial charge in [0.25, 0.3) is 11.8 Å². The molecule has 0 spiro atoms. The third-order valence-corrected chi connectivity index (χ3v) is 8.36. The summed E-state index contributed by atoms with van der Waals surface area (Å²) in [6.07, 6.45) is 0.691. The van der Waals surface area contributed by atoms with Crippen molar-refractivity contribution in [2.24, 2.45) is 5.73 Å². The first-order valence-corrected chi connectivity index (χ1v) is 14.9. The van der Waals surface area contributed by atoms with Crippen LogP contribution < -0.4 is 21.1 Å². The Labute approximate surface area is 261 Å². The van der Waals surface area contributed by atoms with Gasteiger partial charge in [0.15, 0.2) is 5.69 Å². The van der Waals surface area contributed by atoms with Gasteiger partial charge in [-0.25, -0.2) is 9.78 Å². The second-order valence-corrected chi connectivity index (χ2v) is 11.3. The molecule has 0 radical (unpaired) electrons. The van der Waals surface area contributed by atoms with Crippen molar-refractivity contribution >= 4 is 52.1 Å². The molecular formula is C33H25ClN4O5S. The van der Waals surface area contributed by atoms with Crippen LogP contribution in [0, 0.1) is 0 Å². The van der Waals surface area contributed by atoms with Gasteiger partial charge in [0.05, 0.1) is 6.61 Å². The quantitative estimate of drug-likeness (QED) is 0.157. The number of ether oxygens (including phenoxy) is 1. The number of aromatic carboxylic acids is 1. The Morgan fingerprint density at radius 2 is 1.70 bits per heavy atom. The number of carboxylic acid groups (broad SMARTS) is 1. The number of carboxylic acids is 1. The number of aromatic nitrogens is 1. The number of carbonyl (C=O) groups excluding carboxylic acids is 2. The average molecular weight is 625 g/mol. The van der Waals surface area contributed by atoms with Crippen LogP contribution in [0.15, 0.2) is 84.2 Å². The van der Waals surface area contributed by atoms with Crippen molar-refractivity contribution in [3.05, 3.63) is 117 Å². The van der Waals surface area contributed by atoms with E-state index in [0.29, 0.717) is 47.3 Å². The maximum atomic E-state index is 13.9. The molecule has 44 heavy (non-hydrogen) atoms. The first-order chi connectivity index (χ1) is 21.3. The zero-order chi connectivity index (χ0) is 30.8. The van der Waals surface area contributed by atoms with E-state index >= 15 is 0 Å². The Morgan fingerprint density at radius 1 is 0.909 bits per heavy atom. The van der Waals surface area contributed by atoms with Crippen molar-refractivity contribution in [1.29, 1.82) is 0 Å². The Kier molecular flexibility index (Phi) is 8.12. The van der Waals surface area contributed by atoms with Crippen LogP contribution in [0.25, 0.3) is 21.6 Å². The first-order valence-electron chi connectivity index (χ1n) is 13.6. The largest absolute Gasteiger partial charge is 0.493 e. The highest BCUT2D eigenvalue weighted by atomic mass is 35.5. The molecule has 5 N–H and O–H groups in total. The number of thiophene rings is 1. The van der Waals surface area contributed by atoms with Crippen LogP contribution in [0.5, 0.6) is 5.75 Å². The molecule has 5 aromatic rings. The van der Waals surface area contributed by atoms with Gasteiger partial charge in [-0.1, -0.05) is 29.8 Å². The van der Waals surface area contributed by atoms with Gasteiger partial charge in [-0.15, -0.1) is 11.3 Å². The smallest absolute Gasteiger partial charge is 0.355 e. The number of nitrogens with one attached hydrogen (secondary N) is 2. The number of hydrogen-bond donors (Lipinski definition) is 4. The number of benzene rings is 3.